The van der Waals surface area contributed by atoms with E-state index in [0.717, 1.165) is 6.42 Å². The topological polar surface area (TPSA) is 167 Å². The van der Waals surface area contributed by atoms with E-state index in [1.165, 1.54) is 6.92 Å². The molecule has 2 N–H and O–H groups in total. The van der Waals surface area contributed by atoms with Gasteiger partial charge in [-0.15, -0.1) is 0 Å². The molecule has 12 heteroatoms. The number of nitriles is 1. The summed E-state index contributed by atoms with van der Waals surface area (Å²) in [7, 11) is -4.19. The SMILES string of the molecule is CCOC(=O)c1c(C)nc(N2CCCC(CCC(=O)O)C2)c(C#N)c1C(=O)NS(=O)(=O)Cc1ccccc1. The van der Waals surface area contributed by atoms with Crippen LogP contribution < -0.4 is 9.62 Å². The Balaban J connectivity index is 2.04. The van der Waals surface area contributed by atoms with Gasteiger partial charge in [-0.1, -0.05) is 30.3 Å². The highest BCUT2D eigenvalue weighted by Gasteiger charge is 2.33. The molecule has 1 aliphatic heterocycles. The number of ether oxygens (including phenoxy) is 1. The number of nitrogens with one attached hydrogen (secondary N) is 1. The van der Waals surface area contributed by atoms with E-state index >= 15 is 0 Å². The number of sulfonamides is 1. The number of pyridine rings is 1. The molecule has 1 amide bonds. The van der Waals surface area contributed by atoms with Crippen molar-refractivity contribution in [2.45, 2.75) is 45.3 Å². The number of aromatic nitrogens is 1. The van der Waals surface area contributed by atoms with E-state index in [1.807, 2.05) is 10.8 Å². The number of carboxylic acids is 1. The van der Waals surface area contributed by atoms with Crippen LogP contribution in [0.15, 0.2) is 30.3 Å². The van der Waals surface area contributed by atoms with Gasteiger partial charge >= 0.3 is 11.9 Å². The minimum Gasteiger partial charge on any atom is -0.481 e. The van der Waals surface area contributed by atoms with Gasteiger partial charge in [0.1, 0.15) is 17.5 Å². The average Bonchev–Trinajstić information content (AvgIpc) is 2.87. The number of aliphatic carboxylic acids is 1. The van der Waals surface area contributed by atoms with E-state index in [-0.39, 0.29) is 41.6 Å². The Morgan fingerprint density at radius 3 is 2.58 bits per heavy atom. The summed E-state index contributed by atoms with van der Waals surface area (Å²) in [6, 6.07) is 10.2. The normalized spacial score (nSPS) is 15.4. The van der Waals surface area contributed by atoms with Gasteiger partial charge in [-0.25, -0.2) is 22.9 Å². The molecule has 202 valence electrons. The van der Waals surface area contributed by atoms with Crippen molar-refractivity contribution in [3.05, 3.63) is 58.3 Å². The van der Waals surface area contributed by atoms with Crippen molar-refractivity contribution in [2.75, 3.05) is 24.6 Å². The maximum atomic E-state index is 13.4. The van der Waals surface area contributed by atoms with Crippen molar-refractivity contribution in [3.8, 4) is 6.07 Å². The Morgan fingerprint density at radius 2 is 1.95 bits per heavy atom. The summed E-state index contributed by atoms with van der Waals surface area (Å²) in [6.45, 7) is 3.96. The van der Waals surface area contributed by atoms with Crippen LogP contribution >= 0.6 is 0 Å². The number of benzene rings is 1. The maximum absolute atomic E-state index is 13.4. The number of aryl methyl sites for hydroxylation is 1. The van der Waals surface area contributed by atoms with Crippen LogP contribution in [0.5, 0.6) is 0 Å². The second-order valence-electron chi connectivity index (χ2n) is 9.04. The van der Waals surface area contributed by atoms with Crippen LogP contribution in [-0.4, -0.2) is 56.1 Å². The van der Waals surface area contributed by atoms with Crippen molar-refractivity contribution >= 4 is 33.7 Å². The van der Waals surface area contributed by atoms with E-state index in [0.29, 0.717) is 31.5 Å². The summed E-state index contributed by atoms with van der Waals surface area (Å²) < 4.78 is 32.7. The van der Waals surface area contributed by atoms with Gasteiger partial charge in [0.25, 0.3) is 5.91 Å². The van der Waals surface area contributed by atoms with Crippen LogP contribution in [0.2, 0.25) is 0 Å². The minimum atomic E-state index is -4.19. The predicted molar refractivity (Wildman–Crippen MR) is 138 cm³/mol. The summed E-state index contributed by atoms with van der Waals surface area (Å²) in [4.78, 5) is 43.5. The first kappa shape index (κ1) is 28.6. The van der Waals surface area contributed by atoms with Crippen molar-refractivity contribution in [1.29, 1.82) is 5.26 Å². The molecule has 0 spiro atoms. The maximum Gasteiger partial charge on any atom is 0.340 e. The largest absolute Gasteiger partial charge is 0.481 e. The fourth-order valence-corrected chi connectivity index (χ4v) is 5.63. The van der Waals surface area contributed by atoms with Gasteiger partial charge in [0, 0.05) is 19.5 Å². The lowest BCUT2D eigenvalue weighted by Crippen LogP contribution is -2.38. The van der Waals surface area contributed by atoms with Gasteiger partial charge in [0.15, 0.2) is 0 Å². The summed E-state index contributed by atoms with van der Waals surface area (Å²) in [5, 5.41) is 19.2. The Morgan fingerprint density at radius 1 is 1.24 bits per heavy atom. The average molecular weight is 543 g/mol. The highest BCUT2D eigenvalue weighted by atomic mass is 32.2. The molecule has 3 rings (SSSR count). The van der Waals surface area contributed by atoms with Crippen molar-refractivity contribution < 1.29 is 32.6 Å². The Kier molecular flexibility index (Phi) is 9.41. The van der Waals surface area contributed by atoms with E-state index in [1.54, 1.807) is 42.2 Å². The summed E-state index contributed by atoms with van der Waals surface area (Å²) in [5.41, 5.74) is -0.386. The number of hydrogen-bond acceptors (Lipinski definition) is 9. The highest BCUT2D eigenvalue weighted by molar-refractivity contribution is 7.89. The molecule has 1 unspecified atom stereocenters. The summed E-state index contributed by atoms with van der Waals surface area (Å²) in [6.07, 6.45) is 1.96. The first-order valence-corrected chi connectivity index (χ1v) is 13.9. The lowest BCUT2D eigenvalue weighted by atomic mass is 9.92. The number of amides is 1. The third-order valence-corrected chi connectivity index (χ3v) is 7.42. The number of carbonyl (C=O) groups excluding carboxylic acids is 2. The second-order valence-corrected chi connectivity index (χ2v) is 10.8. The van der Waals surface area contributed by atoms with Crippen LogP contribution in [0, 0.1) is 24.2 Å². The minimum absolute atomic E-state index is 0.00476. The van der Waals surface area contributed by atoms with Crippen LogP contribution in [0.4, 0.5) is 5.82 Å². The molecule has 0 bridgehead atoms. The van der Waals surface area contributed by atoms with Crippen LogP contribution in [0.3, 0.4) is 0 Å². The van der Waals surface area contributed by atoms with Crippen molar-refractivity contribution in [3.63, 3.8) is 0 Å². The molecule has 11 nitrogen and oxygen atoms in total. The molecular formula is C26H30N4O7S. The monoisotopic (exact) mass is 542 g/mol. The number of esters is 1. The number of carbonyl (C=O) groups is 3. The van der Waals surface area contributed by atoms with E-state index < -0.39 is 39.2 Å². The number of carboxylic acid groups (broad SMARTS) is 1. The lowest BCUT2D eigenvalue weighted by Gasteiger charge is -2.34. The third-order valence-electron chi connectivity index (χ3n) is 6.21. The lowest BCUT2D eigenvalue weighted by molar-refractivity contribution is -0.137. The number of hydrogen-bond donors (Lipinski definition) is 2. The molecule has 0 aliphatic carbocycles. The summed E-state index contributed by atoms with van der Waals surface area (Å²) in [5.74, 6) is -3.24. The highest BCUT2D eigenvalue weighted by Crippen LogP contribution is 2.31. The van der Waals surface area contributed by atoms with Gasteiger partial charge in [-0.2, -0.15) is 5.26 Å². The second kappa shape index (κ2) is 12.5. The molecule has 38 heavy (non-hydrogen) atoms. The third kappa shape index (κ3) is 7.07. The molecule has 2 aromatic rings. The molecule has 1 aliphatic rings. The van der Waals surface area contributed by atoms with Crippen LogP contribution in [0.1, 0.15) is 70.1 Å². The zero-order valence-corrected chi connectivity index (χ0v) is 22.1. The van der Waals surface area contributed by atoms with E-state index in [4.69, 9.17) is 9.84 Å². The predicted octanol–water partition coefficient (Wildman–Crippen LogP) is 2.78. The molecular weight excluding hydrogens is 512 g/mol. The Hall–Kier alpha value is -3.98. The number of rotatable bonds is 10. The zero-order chi connectivity index (χ0) is 27.9. The van der Waals surface area contributed by atoms with E-state index in [9.17, 15) is 28.1 Å². The molecule has 1 saturated heterocycles. The molecule has 1 aromatic carbocycles. The number of anilines is 1. The van der Waals surface area contributed by atoms with E-state index in [2.05, 4.69) is 4.98 Å². The molecule has 1 atom stereocenters. The first-order chi connectivity index (χ1) is 18.1. The zero-order valence-electron chi connectivity index (χ0n) is 21.3. The van der Waals surface area contributed by atoms with Gasteiger partial charge in [0.2, 0.25) is 10.0 Å². The Labute approximate surface area is 221 Å². The number of piperidine rings is 1. The van der Waals surface area contributed by atoms with Gasteiger partial charge in [-0.3, -0.25) is 9.59 Å². The molecule has 2 heterocycles. The number of nitrogens with zero attached hydrogens (tertiary/aromatic N) is 3. The molecule has 1 aromatic heterocycles. The fraction of sp³-hybridized carbons (Fsp3) is 0.423. The first-order valence-electron chi connectivity index (χ1n) is 12.2. The van der Waals surface area contributed by atoms with Crippen molar-refractivity contribution in [1.82, 2.24) is 9.71 Å². The summed E-state index contributed by atoms with van der Waals surface area (Å²) >= 11 is 0. The van der Waals surface area contributed by atoms with Gasteiger partial charge in [0.05, 0.1) is 29.2 Å². The quantitative estimate of drug-likeness (QED) is 0.426. The smallest absolute Gasteiger partial charge is 0.340 e. The van der Waals surface area contributed by atoms with Gasteiger partial charge in [-0.05, 0) is 44.6 Å². The fourth-order valence-electron chi connectivity index (χ4n) is 4.55. The van der Waals surface area contributed by atoms with Gasteiger partial charge < -0.3 is 14.7 Å². The van der Waals surface area contributed by atoms with Crippen LogP contribution in [0.25, 0.3) is 0 Å². The van der Waals surface area contributed by atoms with Crippen LogP contribution in [-0.2, 0) is 25.3 Å². The van der Waals surface area contributed by atoms with Crippen molar-refractivity contribution in [2.24, 2.45) is 5.92 Å². The Bertz CT molecular complexity index is 1350. The molecule has 0 radical (unpaired) electrons. The molecule has 0 saturated carbocycles. The molecule has 1 fully saturated rings. The standard InChI is InChI=1S/C26H30N4O7S/c1-3-37-26(34)22-17(2)28-24(30-13-7-10-18(15-30)11-12-21(31)32)20(14-27)23(22)25(33)29-38(35,36)16-19-8-5-4-6-9-19/h4-6,8-9,18H,3,7,10-13,15-16H2,1-2H3,(H,29,33)(H,31,32).